The second kappa shape index (κ2) is 15.6. The van der Waals surface area contributed by atoms with Crippen LogP contribution in [-0.2, 0) is 30.2 Å². The van der Waals surface area contributed by atoms with Gasteiger partial charge in [0.25, 0.3) is 5.56 Å². The molecule has 2 unspecified atom stereocenters. The largest absolute Gasteiger partial charge is 0.396 e. The minimum absolute atomic E-state index is 0.0786. The van der Waals surface area contributed by atoms with Crippen LogP contribution in [0.5, 0.6) is 0 Å². The summed E-state index contributed by atoms with van der Waals surface area (Å²) in [4.78, 5) is 26.6. The number of nitrogens with zero attached hydrogens (tertiary/aromatic N) is 2. The molecule has 1 aliphatic heterocycles. The van der Waals surface area contributed by atoms with E-state index in [9.17, 15) is 19.8 Å². The summed E-state index contributed by atoms with van der Waals surface area (Å²) < 4.78 is 33.3. The van der Waals surface area contributed by atoms with Gasteiger partial charge in [-0.05, 0) is 45.4 Å². The van der Waals surface area contributed by atoms with Crippen LogP contribution in [0.25, 0.3) is 0 Å². The Morgan fingerprint density at radius 1 is 1.02 bits per heavy atom. The van der Waals surface area contributed by atoms with Crippen LogP contribution in [-0.4, -0.2) is 81.5 Å². The van der Waals surface area contributed by atoms with Crippen molar-refractivity contribution >= 4 is 0 Å². The lowest BCUT2D eigenvalue weighted by Crippen LogP contribution is -2.62. The Hall–Kier alpha value is -1.64. The summed E-state index contributed by atoms with van der Waals surface area (Å²) in [7, 11) is 2.97. The quantitative estimate of drug-likeness (QED) is 0.199. The fourth-order valence-electron chi connectivity index (χ4n) is 6.75. The Kier molecular flexibility index (Phi) is 12.4. The summed E-state index contributed by atoms with van der Waals surface area (Å²) in [5.74, 6) is -3.15. The molecule has 43 heavy (non-hydrogen) atoms. The normalized spacial score (nSPS) is 27.8. The summed E-state index contributed by atoms with van der Waals surface area (Å²) in [6, 6.07) is 0. The van der Waals surface area contributed by atoms with E-state index < -0.39 is 42.0 Å². The van der Waals surface area contributed by atoms with Crippen LogP contribution in [0.2, 0.25) is 0 Å². The van der Waals surface area contributed by atoms with Crippen LogP contribution in [0, 0.1) is 6.92 Å². The van der Waals surface area contributed by atoms with Crippen LogP contribution in [0.1, 0.15) is 108 Å². The number of methoxy groups -OCH3 is 2. The number of aliphatic hydroxyl groups is 3. The SMILES string of the molecule is COC(OC1CCCCC1)C(O)[C@@]1(OC2(OC)CCCCC2)O[C@@H](n2cc(C)c(=O)n(CCCCCCO)c2=O)C[C@@H]1O. The number of aromatic nitrogens is 2. The number of hydrogen-bond donors (Lipinski definition) is 3. The maximum absolute atomic E-state index is 13.6. The number of aryl methyl sites for hydroxylation is 1. The van der Waals surface area contributed by atoms with E-state index in [1.54, 1.807) is 14.0 Å². The lowest BCUT2D eigenvalue weighted by atomic mass is 9.92. The zero-order valence-electron chi connectivity index (χ0n) is 26.1. The summed E-state index contributed by atoms with van der Waals surface area (Å²) in [5.41, 5.74) is -0.602. The van der Waals surface area contributed by atoms with Gasteiger partial charge < -0.3 is 39.0 Å². The van der Waals surface area contributed by atoms with Crippen molar-refractivity contribution in [2.45, 2.75) is 152 Å². The van der Waals surface area contributed by atoms with Crippen molar-refractivity contribution in [2.24, 2.45) is 0 Å². The maximum Gasteiger partial charge on any atom is 0.333 e. The summed E-state index contributed by atoms with van der Waals surface area (Å²) in [5, 5.41) is 32.6. The highest BCUT2D eigenvalue weighted by molar-refractivity contribution is 5.05. The predicted molar refractivity (Wildman–Crippen MR) is 157 cm³/mol. The molecule has 1 aromatic heterocycles. The highest BCUT2D eigenvalue weighted by Gasteiger charge is 2.61. The van der Waals surface area contributed by atoms with Gasteiger partial charge in [0.15, 0.2) is 18.2 Å². The van der Waals surface area contributed by atoms with Crippen molar-refractivity contribution in [3.05, 3.63) is 32.6 Å². The second-order valence-electron chi connectivity index (χ2n) is 12.4. The van der Waals surface area contributed by atoms with Gasteiger partial charge in [0.2, 0.25) is 5.79 Å². The third-order valence-corrected chi connectivity index (χ3v) is 9.29. The van der Waals surface area contributed by atoms with E-state index in [2.05, 4.69) is 0 Å². The van der Waals surface area contributed by atoms with Crippen molar-refractivity contribution in [2.75, 3.05) is 20.8 Å². The van der Waals surface area contributed by atoms with Gasteiger partial charge in [-0.15, -0.1) is 0 Å². The van der Waals surface area contributed by atoms with E-state index in [0.717, 1.165) is 64.2 Å². The topological polar surface area (TPSA) is 151 Å². The third kappa shape index (κ3) is 7.78. The number of aliphatic hydroxyl groups excluding tert-OH is 3. The van der Waals surface area contributed by atoms with Crippen LogP contribution >= 0.6 is 0 Å². The van der Waals surface area contributed by atoms with E-state index >= 15 is 0 Å². The zero-order valence-corrected chi connectivity index (χ0v) is 26.1. The molecule has 246 valence electrons. The van der Waals surface area contributed by atoms with Gasteiger partial charge >= 0.3 is 5.69 Å². The molecular formula is C31H52N2O10. The smallest absolute Gasteiger partial charge is 0.333 e. The molecule has 0 bridgehead atoms. The van der Waals surface area contributed by atoms with Gasteiger partial charge in [-0.2, -0.15) is 0 Å². The highest BCUT2D eigenvalue weighted by Crippen LogP contribution is 2.47. The average molecular weight is 613 g/mol. The Bertz CT molecular complexity index is 1130. The first-order chi connectivity index (χ1) is 20.7. The summed E-state index contributed by atoms with van der Waals surface area (Å²) >= 11 is 0. The van der Waals surface area contributed by atoms with Gasteiger partial charge in [0.1, 0.15) is 12.3 Å². The van der Waals surface area contributed by atoms with Crippen LogP contribution in [0.3, 0.4) is 0 Å². The van der Waals surface area contributed by atoms with E-state index in [1.165, 1.54) is 22.4 Å². The van der Waals surface area contributed by atoms with Crippen molar-refractivity contribution in [3.8, 4) is 0 Å². The molecular weight excluding hydrogens is 560 g/mol. The van der Waals surface area contributed by atoms with Crippen LogP contribution < -0.4 is 11.2 Å². The molecule has 0 amide bonds. The first-order valence-corrected chi connectivity index (χ1v) is 16.1. The fourth-order valence-corrected chi connectivity index (χ4v) is 6.75. The lowest BCUT2D eigenvalue weighted by Gasteiger charge is -2.47. The summed E-state index contributed by atoms with van der Waals surface area (Å²) in [6.45, 7) is 1.96. The van der Waals surface area contributed by atoms with Crippen LogP contribution in [0.15, 0.2) is 15.8 Å². The van der Waals surface area contributed by atoms with Crippen molar-refractivity contribution in [1.82, 2.24) is 9.13 Å². The Balaban J connectivity index is 1.66. The molecule has 3 fully saturated rings. The number of hydrogen-bond acceptors (Lipinski definition) is 10. The first kappa shape index (κ1) is 34.2. The predicted octanol–water partition coefficient (Wildman–Crippen LogP) is 2.85. The van der Waals surface area contributed by atoms with E-state index in [0.29, 0.717) is 31.2 Å². The minimum Gasteiger partial charge on any atom is -0.396 e. The molecule has 2 saturated carbocycles. The molecule has 0 spiro atoms. The summed E-state index contributed by atoms with van der Waals surface area (Å²) in [6.07, 6.45) is 7.54. The van der Waals surface area contributed by atoms with Crippen LogP contribution in [0.4, 0.5) is 0 Å². The average Bonchev–Trinajstić information content (AvgIpc) is 3.35. The molecule has 0 aromatic carbocycles. The number of ether oxygens (including phenoxy) is 5. The molecule has 12 nitrogen and oxygen atoms in total. The number of unbranched alkanes of at least 4 members (excludes halogenated alkanes) is 3. The fraction of sp³-hybridized carbons (Fsp3) is 0.871. The Morgan fingerprint density at radius 3 is 2.35 bits per heavy atom. The molecule has 1 saturated heterocycles. The Labute approximate surface area is 253 Å². The minimum atomic E-state index is -2.04. The molecule has 1 aromatic rings. The standard InChI is InChI=1S/C31H52N2O10/c1-22-21-33(29(38)32(27(22)37)18-12-4-5-13-19-34)25-20-24(35)31(42-25,43-30(40-3)16-10-7-11-17-30)26(36)28(39-2)41-23-14-8-6-9-15-23/h21,23-26,28,34-36H,4-20H2,1-3H3/t24-,25+,26?,28?,31+/m0/s1. The van der Waals surface area contributed by atoms with Gasteiger partial charge in [0.05, 0.1) is 6.10 Å². The van der Waals surface area contributed by atoms with Gasteiger partial charge in [0, 0.05) is 58.4 Å². The van der Waals surface area contributed by atoms with Crippen molar-refractivity contribution in [3.63, 3.8) is 0 Å². The number of rotatable bonds is 15. The van der Waals surface area contributed by atoms with Crippen molar-refractivity contribution in [1.29, 1.82) is 0 Å². The highest BCUT2D eigenvalue weighted by atomic mass is 16.8. The monoisotopic (exact) mass is 612 g/mol. The van der Waals surface area contributed by atoms with Gasteiger partial charge in [-0.3, -0.25) is 13.9 Å². The first-order valence-electron chi connectivity index (χ1n) is 16.1. The molecule has 3 N–H and O–H groups in total. The van der Waals surface area contributed by atoms with E-state index in [1.807, 2.05) is 0 Å². The van der Waals surface area contributed by atoms with Gasteiger partial charge in [-0.25, -0.2) is 4.79 Å². The van der Waals surface area contributed by atoms with Gasteiger partial charge in [-0.1, -0.05) is 38.5 Å². The second-order valence-corrected chi connectivity index (χ2v) is 12.4. The zero-order chi connectivity index (χ0) is 31.0. The Morgan fingerprint density at radius 2 is 1.70 bits per heavy atom. The third-order valence-electron chi connectivity index (χ3n) is 9.29. The molecule has 3 aliphatic rings. The molecule has 2 aliphatic carbocycles. The molecule has 4 rings (SSSR count). The van der Waals surface area contributed by atoms with E-state index in [4.69, 9.17) is 28.8 Å². The molecule has 0 radical (unpaired) electrons. The maximum atomic E-state index is 13.6. The lowest BCUT2D eigenvalue weighted by molar-refractivity contribution is -0.416. The molecule has 12 heteroatoms. The molecule has 5 atom stereocenters. The van der Waals surface area contributed by atoms with E-state index in [-0.39, 0.29) is 31.2 Å². The van der Waals surface area contributed by atoms with Crippen molar-refractivity contribution < 1.29 is 39.0 Å². The molecule has 2 heterocycles.